The predicted octanol–water partition coefficient (Wildman–Crippen LogP) is 0.276. The molecule has 1 fully saturated rings. The van der Waals surface area contributed by atoms with Gasteiger partial charge < -0.3 is 14.8 Å². The molecule has 24 heavy (non-hydrogen) atoms. The maximum atomic E-state index is 11.9. The Hall–Kier alpha value is -3.03. The lowest BCUT2D eigenvalue weighted by Gasteiger charge is -2.35. The van der Waals surface area contributed by atoms with Crippen LogP contribution >= 0.6 is 0 Å². The molecule has 1 aliphatic rings. The second kappa shape index (κ2) is 5.55. The van der Waals surface area contributed by atoms with Crippen molar-refractivity contribution >= 4 is 22.8 Å². The molecule has 0 unspecified atom stereocenters. The van der Waals surface area contributed by atoms with Crippen LogP contribution in [0, 0.1) is 0 Å². The maximum Gasteiger partial charge on any atom is 0.329 e. The van der Waals surface area contributed by atoms with Crippen LogP contribution in [-0.4, -0.2) is 45.7 Å². The average Bonchev–Trinajstić information content (AvgIpc) is 3.07. The Bertz CT molecular complexity index is 979. The molecule has 1 saturated heterocycles. The Morgan fingerprint density at radius 3 is 2.33 bits per heavy atom. The molecule has 124 valence electrons. The predicted molar refractivity (Wildman–Crippen MR) is 92.8 cm³/mol. The summed E-state index contributed by atoms with van der Waals surface area (Å²) in [6.45, 7) is 3.33. The van der Waals surface area contributed by atoms with Gasteiger partial charge in [-0.25, -0.2) is 4.79 Å². The zero-order valence-electron chi connectivity index (χ0n) is 13.3. The number of aryl methyl sites for hydroxylation is 1. The number of benzene rings is 1. The Morgan fingerprint density at radius 2 is 1.62 bits per heavy atom. The summed E-state index contributed by atoms with van der Waals surface area (Å²) in [6, 6.07) is 10.3. The highest BCUT2D eigenvalue weighted by Gasteiger charge is 2.21. The van der Waals surface area contributed by atoms with Crippen LogP contribution < -0.4 is 21.0 Å². The summed E-state index contributed by atoms with van der Waals surface area (Å²) < 4.78 is 1.34. The number of para-hydroxylation sites is 1. The fraction of sp³-hybridized carbons (Fsp3) is 0.312. The van der Waals surface area contributed by atoms with Gasteiger partial charge in [0.05, 0.1) is 0 Å². The Morgan fingerprint density at radius 1 is 0.958 bits per heavy atom. The Labute approximate surface area is 137 Å². The number of aromatic amines is 2. The highest BCUT2D eigenvalue weighted by Crippen LogP contribution is 2.19. The number of H-pyrrole nitrogens is 2. The second-order valence-corrected chi connectivity index (χ2v) is 5.89. The Kier molecular flexibility index (Phi) is 3.37. The van der Waals surface area contributed by atoms with Crippen LogP contribution in [0.4, 0.5) is 11.6 Å². The van der Waals surface area contributed by atoms with Crippen LogP contribution in [0.5, 0.6) is 0 Å². The number of aromatic nitrogens is 4. The molecule has 0 radical (unpaired) electrons. The maximum absolute atomic E-state index is 11.9. The van der Waals surface area contributed by atoms with E-state index in [1.807, 2.05) is 18.2 Å². The van der Waals surface area contributed by atoms with E-state index in [4.69, 9.17) is 0 Å². The molecule has 0 aliphatic carbocycles. The van der Waals surface area contributed by atoms with E-state index >= 15 is 0 Å². The molecule has 0 amide bonds. The summed E-state index contributed by atoms with van der Waals surface area (Å²) in [7, 11) is 1.60. The van der Waals surface area contributed by atoms with E-state index in [9.17, 15) is 9.59 Å². The number of hydrogen-bond acceptors (Lipinski definition) is 5. The van der Waals surface area contributed by atoms with Crippen LogP contribution in [0.15, 0.2) is 39.9 Å². The first-order valence-electron chi connectivity index (χ1n) is 7.87. The highest BCUT2D eigenvalue weighted by atomic mass is 16.2. The van der Waals surface area contributed by atoms with Gasteiger partial charge in [-0.15, -0.1) is 0 Å². The van der Waals surface area contributed by atoms with E-state index in [1.165, 1.54) is 10.3 Å². The van der Waals surface area contributed by atoms with Crippen molar-refractivity contribution in [3.05, 3.63) is 51.2 Å². The first-order valence-corrected chi connectivity index (χ1v) is 7.87. The van der Waals surface area contributed by atoms with E-state index in [0.29, 0.717) is 17.1 Å². The van der Waals surface area contributed by atoms with E-state index in [1.54, 1.807) is 7.05 Å². The summed E-state index contributed by atoms with van der Waals surface area (Å²) in [5.41, 5.74) is 1.02. The van der Waals surface area contributed by atoms with Crippen LogP contribution in [-0.2, 0) is 7.05 Å². The summed E-state index contributed by atoms with van der Waals surface area (Å²) in [4.78, 5) is 37.8. The fourth-order valence-corrected chi connectivity index (χ4v) is 3.06. The third-order valence-electron chi connectivity index (χ3n) is 4.44. The van der Waals surface area contributed by atoms with Crippen LogP contribution in [0.25, 0.3) is 11.2 Å². The molecule has 2 aromatic heterocycles. The highest BCUT2D eigenvalue weighted by molar-refractivity contribution is 5.72. The molecule has 8 heteroatoms. The van der Waals surface area contributed by atoms with Crippen LogP contribution in [0.3, 0.4) is 0 Å². The normalized spacial score (nSPS) is 15.2. The van der Waals surface area contributed by atoms with Crippen molar-refractivity contribution in [3.63, 3.8) is 0 Å². The molecule has 0 saturated carbocycles. The van der Waals surface area contributed by atoms with Gasteiger partial charge in [-0.05, 0) is 12.1 Å². The molecule has 1 aromatic carbocycles. The number of hydrogen-bond donors (Lipinski definition) is 2. The van der Waals surface area contributed by atoms with E-state index in [0.717, 1.165) is 26.2 Å². The topological polar surface area (TPSA) is 90.0 Å². The smallest absolute Gasteiger partial charge is 0.329 e. The summed E-state index contributed by atoms with van der Waals surface area (Å²) in [5, 5.41) is 0. The molecule has 2 N–H and O–H groups in total. The molecule has 0 spiro atoms. The summed E-state index contributed by atoms with van der Waals surface area (Å²) in [6.07, 6.45) is 0. The quantitative estimate of drug-likeness (QED) is 0.706. The van der Waals surface area contributed by atoms with Gasteiger partial charge in [0.25, 0.3) is 5.56 Å². The SMILES string of the molecule is Cn1c(=O)[nH]c(=O)c2[nH]c(N3CCN(c4ccccc4)CC3)nc21. The number of fused-ring (bicyclic) bond motifs is 1. The van der Waals surface area contributed by atoms with Gasteiger partial charge in [-0.2, -0.15) is 4.98 Å². The monoisotopic (exact) mass is 326 g/mol. The second-order valence-electron chi connectivity index (χ2n) is 5.89. The van der Waals surface area contributed by atoms with E-state index in [-0.39, 0.29) is 0 Å². The van der Waals surface area contributed by atoms with Gasteiger partial charge in [-0.3, -0.25) is 14.3 Å². The third kappa shape index (κ3) is 2.36. The fourth-order valence-electron chi connectivity index (χ4n) is 3.06. The number of rotatable bonds is 2. The lowest BCUT2D eigenvalue weighted by molar-refractivity contribution is 0.643. The summed E-state index contributed by atoms with van der Waals surface area (Å²) >= 11 is 0. The lowest BCUT2D eigenvalue weighted by atomic mass is 10.2. The molecule has 3 aromatic rings. The largest absolute Gasteiger partial charge is 0.368 e. The first kappa shape index (κ1) is 14.6. The van der Waals surface area contributed by atoms with Crippen molar-refractivity contribution in [2.75, 3.05) is 36.0 Å². The van der Waals surface area contributed by atoms with Crippen LogP contribution in [0.1, 0.15) is 0 Å². The van der Waals surface area contributed by atoms with Gasteiger partial charge >= 0.3 is 5.69 Å². The standard InChI is InChI=1S/C16H18N6O2/c1-20-13-12(14(23)19-16(20)24)17-15(18-13)22-9-7-21(8-10-22)11-5-3-2-4-6-11/h2-6H,7-10H2,1H3,(H,17,18)(H,19,23,24). The molecule has 0 bridgehead atoms. The van der Waals surface area contributed by atoms with Gasteiger partial charge in [-0.1, -0.05) is 18.2 Å². The molecule has 1 aliphatic heterocycles. The molecular weight excluding hydrogens is 308 g/mol. The van der Waals surface area contributed by atoms with Gasteiger partial charge in [0.2, 0.25) is 5.95 Å². The Balaban J connectivity index is 1.59. The van der Waals surface area contributed by atoms with Crippen molar-refractivity contribution in [3.8, 4) is 0 Å². The van der Waals surface area contributed by atoms with Crippen molar-refractivity contribution in [1.82, 2.24) is 19.5 Å². The number of imidazole rings is 1. The molecule has 0 atom stereocenters. The molecule has 8 nitrogen and oxygen atoms in total. The van der Waals surface area contributed by atoms with Gasteiger partial charge in [0.1, 0.15) is 0 Å². The van der Waals surface area contributed by atoms with Crippen LogP contribution in [0.2, 0.25) is 0 Å². The van der Waals surface area contributed by atoms with Gasteiger partial charge in [0, 0.05) is 38.9 Å². The minimum Gasteiger partial charge on any atom is -0.368 e. The van der Waals surface area contributed by atoms with Crippen molar-refractivity contribution < 1.29 is 0 Å². The molecular formula is C16H18N6O2. The van der Waals surface area contributed by atoms with Crippen molar-refractivity contribution in [2.24, 2.45) is 7.05 Å². The van der Waals surface area contributed by atoms with Crippen molar-refractivity contribution in [2.45, 2.75) is 0 Å². The summed E-state index contributed by atoms with van der Waals surface area (Å²) in [5.74, 6) is 0.629. The third-order valence-corrected chi connectivity index (χ3v) is 4.44. The minimum absolute atomic E-state index is 0.331. The zero-order chi connectivity index (χ0) is 16.7. The number of anilines is 2. The van der Waals surface area contributed by atoms with E-state index in [2.05, 4.69) is 36.9 Å². The van der Waals surface area contributed by atoms with Gasteiger partial charge in [0.15, 0.2) is 11.2 Å². The molecule has 4 rings (SSSR count). The lowest BCUT2D eigenvalue weighted by Crippen LogP contribution is -2.46. The van der Waals surface area contributed by atoms with E-state index < -0.39 is 11.2 Å². The number of nitrogens with one attached hydrogen (secondary N) is 2. The number of nitrogens with zero attached hydrogens (tertiary/aromatic N) is 4. The first-order chi connectivity index (χ1) is 11.6. The minimum atomic E-state index is -0.459. The zero-order valence-corrected chi connectivity index (χ0v) is 13.3. The average molecular weight is 326 g/mol. The number of piperazine rings is 1. The van der Waals surface area contributed by atoms with Crippen molar-refractivity contribution in [1.29, 1.82) is 0 Å². The molecule has 3 heterocycles.